The van der Waals surface area contributed by atoms with E-state index in [9.17, 15) is 13.6 Å². The van der Waals surface area contributed by atoms with Crippen LogP contribution in [0.2, 0.25) is 0 Å². The minimum absolute atomic E-state index is 0.00556. The van der Waals surface area contributed by atoms with Gasteiger partial charge in [0.1, 0.15) is 5.69 Å². The molecule has 1 rings (SSSR count). The first-order valence-corrected chi connectivity index (χ1v) is 5.14. The van der Waals surface area contributed by atoms with Gasteiger partial charge in [-0.05, 0) is 12.1 Å². The van der Waals surface area contributed by atoms with Crippen molar-refractivity contribution in [1.82, 2.24) is 5.32 Å². The lowest BCUT2D eigenvalue weighted by Gasteiger charge is -2.08. The molecule has 0 saturated carbocycles. The lowest BCUT2D eigenvalue weighted by atomic mass is 10.3. The molecule has 0 saturated heterocycles. The minimum Gasteiger partial charge on any atom is -0.395 e. The number of aliphatic hydroxyl groups excluding tert-OH is 1. The van der Waals surface area contributed by atoms with Gasteiger partial charge in [-0.15, -0.1) is 0 Å². The Morgan fingerprint density at radius 2 is 1.94 bits per heavy atom. The minimum atomic E-state index is -0.883. The van der Waals surface area contributed by atoms with Gasteiger partial charge in [0.2, 0.25) is 0 Å². The van der Waals surface area contributed by atoms with Gasteiger partial charge in [-0.1, -0.05) is 15.9 Å². The Kier molecular flexibility index (Phi) is 4.63. The summed E-state index contributed by atoms with van der Waals surface area (Å²) in [6.45, 7) is -0.246. The van der Waals surface area contributed by atoms with E-state index in [1.165, 1.54) is 0 Å². The third-order valence-electron chi connectivity index (χ3n) is 1.64. The van der Waals surface area contributed by atoms with Gasteiger partial charge in [-0.3, -0.25) is 0 Å². The lowest BCUT2D eigenvalue weighted by molar-refractivity contribution is 0.244. The van der Waals surface area contributed by atoms with E-state index >= 15 is 0 Å². The van der Waals surface area contributed by atoms with Crippen LogP contribution in [0.15, 0.2) is 16.6 Å². The molecule has 88 valence electrons. The van der Waals surface area contributed by atoms with E-state index in [1.807, 2.05) is 5.32 Å². The second-order valence-electron chi connectivity index (χ2n) is 2.85. The summed E-state index contributed by atoms with van der Waals surface area (Å²) in [4.78, 5) is 11.1. The van der Waals surface area contributed by atoms with Gasteiger partial charge < -0.3 is 15.7 Å². The first-order chi connectivity index (χ1) is 7.54. The zero-order valence-corrected chi connectivity index (χ0v) is 9.64. The molecular formula is C9H9BrF2N2O2. The SMILES string of the molecule is O=C(NCCO)Nc1c(F)cc(Br)cc1F. The Morgan fingerprint density at radius 1 is 1.38 bits per heavy atom. The topological polar surface area (TPSA) is 61.4 Å². The van der Waals surface area contributed by atoms with E-state index < -0.39 is 23.4 Å². The Morgan fingerprint density at radius 3 is 2.44 bits per heavy atom. The van der Waals surface area contributed by atoms with Gasteiger partial charge in [0, 0.05) is 11.0 Å². The number of urea groups is 1. The third kappa shape index (κ3) is 3.42. The molecule has 0 aliphatic heterocycles. The number of aliphatic hydroxyl groups is 1. The molecule has 0 heterocycles. The summed E-state index contributed by atoms with van der Waals surface area (Å²) in [6, 6.07) is 1.28. The Hall–Kier alpha value is -1.21. The smallest absolute Gasteiger partial charge is 0.319 e. The van der Waals surface area contributed by atoms with Gasteiger partial charge in [-0.25, -0.2) is 13.6 Å². The maximum atomic E-state index is 13.2. The molecule has 0 bridgehead atoms. The maximum absolute atomic E-state index is 13.2. The number of halogens is 3. The summed E-state index contributed by atoms with van der Waals surface area (Å²) >= 11 is 2.91. The van der Waals surface area contributed by atoms with Crippen LogP contribution in [0.5, 0.6) is 0 Å². The van der Waals surface area contributed by atoms with Crippen molar-refractivity contribution in [2.45, 2.75) is 0 Å². The molecule has 0 aliphatic carbocycles. The van der Waals surface area contributed by atoms with E-state index in [-0.39, 0.29) is 17.6 Å². The van der Waals surface area contributed by atoms with Gasteiger partial charge >= 0.3 is 6.03 Å². The standard InChI is InChI=1S/C9H9BrF2N2O2/c10-5-3-6(11)8(7(12)4-5)14-9(16)13-1-2-15/h3-4,15H,1-2H2,(H2,13,14,16). The summed E-state index contributed by atoms with van der Waals surface area (Å²) in [5.41, 5.74) is -0.529. The summed E-state index contributed by atoms with van der Waals surface area (Å²) in [5, 5.41) is 12.6. The van der Waals surface area contributed by atoms with E-state index in [4.69, 9.17) is 5.11 Å². The Labute approximate surface area is 98.8 Å². The molecule has 1 aromatic rings. The number of nitrogens with one attached hydrogen (secondary N) is 2. The molecule has 2 amide bonds. The predicted octanol–water partition coefficient (Wildman–Crippen LogP) is 1.84. The summed E-state index contributed by atoms with van der Waals surface area (Å²) in [7, 11) is 0. The van der Waals surface area contributed by atoms with E-state index in [2.05, 4.69) is 21.2 Å². The second kappa shape index (κ2) is 5.76. The number of carbonyl (C=O) groups is 1. The van der Waals surface area contributed by atoms with Crippen LogP contribution in [-0.4, -0.2) is 24.3 Å². The number of benzene rings is 1. The third-order valence-corrected chi connectivity index (χ3v) is 2.10. The molecule has 0 unspecified atom stereocenters. The van der Waals surface area contributed by atoms with Gasteiger partial charge in [-0.2, -0.15) is 0 Å². The Balaban J connectivity index is 2.77. The molecule has 4 nitrogen and oxygen atoms in total. The van der Waals surface area contributed by atoms with Gasteiger partial charge in [0.15, 0.2) is 11.6 Å². The number of hydrogen-bond donors (Lipinski definition) is 3. The van der Waals surface area contributed by atoms with Crippen molar-refractivity contribution < 1.29 is 18.7 Å². The number of carbonyl (C=O) groups excluding carboxylic acids is 1. The van der Waals surface area contributed by atoms with Crippen LogP contribution >= 0.6 is 15.9 Å². The molecule has 7 heteroatoms. The van der Waals surface area contributed by atoms with Crippen LogP contribution in [0, 0.1) is 11.6 Å². The number of rotatable bonds is 3. The highest BCUT2D eigenvalue weighted by Gasteiger charge is 2.12. The molecule has 0 atom stereocenters. The summed E-state index contributed by atoms with van der Waals surface area (Å²) in [6.07, 6.45) is 0. The largest absolute Gasteiger partial charge is 0.395 e. The van der Waals surface area contributed by atoms with Crippen molar-refractivity contribution >= 4 is 27.6 Å². The first kappa shape index (κ1) is 12.9. The fourth-order valence-electron chi connectivity index (χ4n) is 0.989. The molecular weight excluding hydrogens is 286 g/mol. The van der Waals surface area contributed by atoms with E-state index in [0.717, 1.165) is 12.1 Å². The van der Waals surface area contributed by atoms with E-state index in [1.54, 1.807) is 0 Å². The quantitative estimate of drug-likeness (QED) is 0.797. The van der Waals surface area contributed by atoms with Crippen molar-refractivity contribution in [2.24, 2.45) is 0 Å². The normalized spacial score (nSPS) is 10.0. The van der Waals surface area contributed by atoms with Crippen LogP contribution in [0.4, 0.5) is 19.3 Å². The van der Waals surface area contributed by atoms with Crippen LogP contribution in [0.1, 0.15) is 0 Å². The molecule has 3 N–H and O–H groups in total. The van der Waals surface area contributed by atoms with E-state index in [0.29, 0.717) is 0 Å². The van der Waals surface area contributed by atoms with Crippen molar-refractivity contribution in [3.05, 3.63) is 28.2 Å². The number of amides is 2. The average Bonchev–Trinajstić information content (AvgIpc) is 2.20. The zero-order chi connectivity index (χ0) is 12.1. The summed E-state index contributed by atoms with van der Waals surface area (Å²) in [5.74, 6) is -1.77. The molecule has 0 aliphatic rings. The van der Waals surface area contributed by atoms with Gasteiger partial charge in [0.25, 0.3) is 0 Å². The lowest BCUT2D eigenvalue weighted by Crippen LogP contribution is -2.31. The zero-order valence-electron chi connectivity index (χ0n) is 8.06. The second-order valence-corrected chi connectivity index (χ2v) is 3.76. The number of hydrogen-bond acceptors (Lipinski definition) is 2. The highest BCUT2D eigenvalue weighted by atomic mass is 79.9. The highest BCUT2D eigenvalue weighted by Crippen LogP contribution is 2.23. The predicted molar refractivity (Wildman–Crippen MR) is 58.2 cm³/mol. The van der Waals surface area contributed by atoms with Crippen LogP contribution in [0.3, 0.4) is 0 Å². The molecule has 16 heavy (non-hydrogen) atoms. The van der Waals surface area contributed by atoms with Crippen molar-refractivity contribution in [3.8, 4) is 0 Å². The number of anilines is 1. The fraction of sp³-hybridized carbons (Fsp3) is 0.222. The van der Waals surface area contributed by atoms with Crippen molar-refractivity contribution in [3.63, 3.8) is 0 Å². The van der Waals surface area contributed by atoms with Crippen LogP contribution in [0.25, 0.3) is 0 Å². The Bertz CT molecular complexity index is 378. The van der Waals surface area contributed by atoms with Crippen LogP contribution < -0.4 is 10.6 Å². The average molecular weight is 295 g/mol. The van der Waals surface area contributed by atoms with Crippen molar-refractivity contribution in [1.29, 1.82) is 0 Å². The van der Waals surface area contributed by atoms with Gasteiger partial charge in [0.05, 0.1) is 6.61 Å². The van der Waals surface area contributed by atoms with Crippen molar-refractivity contribution in [2.75, 3.05) is 18.5 Å². The molecule has 0 radical (unpaired) electrons. The summed E-state index contributed by atoms with van der Waals surface area (Å²) < 4.78 is 26.7. The maximum Gasteiger partial charge on any atom is 0.319 e. The molecule has 0 spiro atoms. The molecule has 0 aromatic heterocycles. The molecule has 0 fully saturated rings. The molecule has 1 aromatic carbocycles. The fourth-order valence-corrected chi connectivity index (χ4v) is 1.39. The monoisotopic (exact) mass is 294 g/mol. The first-order valence-electron chi connectivity index (χ1n) is 4.35. The van der Waals surface area contributed by atoms with Crippen LogP contribution in [-0.2, 0) is 0 Å². The highest BCUT2D eigenvalue weighted by molar-refractivity contribution is 9.10.